The molecule has 4 heteroatoms. The Kier molecular flexibility index (Phi) is 4.04. The number of hydrogen-bond donors (Lipinski definition) is 1. The second kappa shape index (κ2) is 5.96. The summed E-state index contributed by atoms with van der Waals surface area (Å²) in [6.07, 6.45) is -0.0855. The van der Waals surface area contributed by atoms with E-state index in [1.807, 2.05) is 25.1 Å². The number of hydrogen-bond acceptors (Lipinski definition) is 3. The molecule has 2 aromatic rings. The number of ether oxygens (including phenoxy) is 2. The van der Waals surface area contributed by atoms with Gasteiger partial charge >= 0.3 is 0 Å². The number of aliphatic hydroxyl groups excluding tert-OH is 1. The highest BCUT2D eigenvalue weighted by Gasteiger charge is 2.19. The van der Waals surface area contributed by atoms with Crippen molar-refractivity contribution < 1.29 is 14.6 Å². The molecule has 0 amide bonds. The Labute approximate surface area is 129 Å². The van der Waals surface area contributed by atoms with Gasteiger partial charge in [-0.15, -0.1) is 0 Å². The molecule has 2 aromatic carbocycles. The molecule has 1 atom stereocenters. The summed E-state index contributed by atoms with van der Waals surface area (Å²) in [6.45, 7) is 3.04. The fourth-order valence-corrected chi connectivity index (χ4v) is 2.78. The zero-order valence-electron chi connectivity index (χ0n) is 11.8. The van der Waals surface area contributed by atoms with Gasteiger partial charge in [0.05, 0.1) is 11.1 Å². The van der Waals surface area contributed by atoms with Crippen LogP contribution < -0.4 is 9.47 Å². The van der Waals surface area contributed by atoms with Crippen LogP contribution in [-0.4, -0.2) is 18.3 Å². The molecule has 1 aliphatic rings. The molecule has 3 rings (SSSR count). The molecule has 110 valence electrons. The first-order valence-corrected chi connectivity index (χ1v) is 7.34. The van der Waals surface area contributed by atoms with E-state index in [4.69, 9.17) is 21.1 Å². The van der Waals surface area contributed by atoms with Crippen LogP contribution in [0.1, 0.15) is 22.8 Å². The monoisotopic (exact) mass is 304 g/mol. The predicted molar refractivity (Wildman–Crippen MR) is 82.3 cm³/mol. The Morgan fingerprint density at radius 3 is 2.81 bits per heavy atom. The Morgan fingerprint density at radius 1 is 1.19 bits per heavy atom. The zero-order chi connectivity index (χ0) is 14.8. The van der Waals surface area contributed by atoms with Gasteiger partial charge in [0.15, 0.2) is 11.5 Å². The maximum atomic E-state index is 10.4. The van der Waals surface area contributed by atoms with Crippen molar-refractivity contribution in [1.29, 1.82) is 0 Å². The summed E-state index contributed by atoms with van der Waals surface area (Å²) in [5.41, 5.74) is 3.01. The first-order chi connectivity index (χ1) is 10.1. The quantitative estimate of drug-likeness (QED) is 0.940. The largest absolute Gasteiger partial charge is 0.486 e. The van der Waals surface area contributed by atoms with Crippen molar-refractivity contribution in [3.05, 3.63) is 58.1 Å². The van der Waals surface area contributed by atoms with Crippen molar-refractivity contribution in [3.63, 3.8) is 0 Å². The van der Waals surface area contributed by atoms with Crippen molar-refractivity contribution >= 4 is 11.6 Å². The highest BCUT2D eigenvalue weighted by Crippen LogP contribution is 2.40. The summed E-state index contributed by atoms with van der Waals surface area (Å²) in [5, 5.41) is 10.9. The highest BCUT2D eigenvalue weighted by atomic mass is 35.5. The minimum atomic E-state index is -0.625. The summed E-state index contributed by atoms with van der Waals surface area (Å²) < 4.78 is 11.0. The molecular weight excluding hydrogens is 288 g/mol. The SMILES string of the molecule is Cc1cccc(CC(O)c2cc(Cl)c3c(c2)OCCO3)c1. The van der Waals surface area contributed by atoms with Gasteiger partial charge in [-0.2, -0.15) is 0 Å². The van der Waals surface area contributed by atoms with Gasteiger partial charge in [0, 0.05) is 6.42 Å². The summed E-state index contributed by atoms with van der Waals surface area (Å²) in [5.74, 6) is 1.17. The molecule has 3 nitrogen and oxygen atoms in total. The van der Waals surface area contributed by atoms with E-state index in [9.17, 15) is 5.11 Å². The van der Waals surface area contributed by atoms with Gasteiger partial charge in [0.2, 0.25) is 0 Å². The van der Waals surface area contributed by atoms with Crippen LogP contribution in [0.5, 0.6) is 11.5 Å². The fraction of sp³-hybridized carbons (Fsp3) is 0.294. The Morgan fingerprint density at radius 2 is 2.00 bits per heavy atom. The molecule has 0 bridgehead atoms. The smallest absolute Gasteiger partial charge is 0.179 e. The molecule has 0 radical (unpaired) electrons. The molecule has 0 saturated carbocycles. The second-order valence-corrected chi connectivity index (χ2v) is 5.64. The van der Waals surface area contributed by atoms with Crippen LogP contribution in [0, 0.1) is 6.92 Å². The first-order valence-electron chi connectivity index (χ1n) is 6.96. The molecule has 0 aromatic heterocycles. The molecule has 1 heterocycles. The minimum absolute atomic E-state index is 0.477. The molecule has 0 saturated heterocycles. The minimum Gasteiger partial charge on any atom is -0.486 e. The third-order valence-corrected chi connectivity index (χ3v) is 3.80. The molecule has 0 aliphatic carbocycles. The van der Waals surface area contributed by atoms with Crippen LogP contribution in [0.3, 0.4) is 0 Å². The van der Waals surface area contributed by atoms with Gasteiger partial charge in [-0.05, 0) is 30.2 Å². The maximum absolute atomic E-state index is 10.4. The number of rotatable bonds is 3. The Bertz CT molecular complexity index is 654. The van der Waals surface area contributed by atoms with E-state index in [2.05, 4.69) is 6.07 Å². The van der Waals surface area contributed by atoms with Crippen molar-refractivity contribution in [2.75, 3.05) is 13.2 Å². The third-order valence-electron chi connectivity index (χ3n) is 3.52. The summed E-state index contributed by atoms with van der Waals surface area (Å²) in [6, 6.07) is 11.7. The second-order valence-electron chi connectivity index (χ2n) is 5.24. The van der Waals surface area contributed by atoms with E-state index in [1.54, 1.807) is 12.1 Å². The Balaban J connectivity index is 1.84. The average molecular weight is 305 g/mol. The summed E-state index contributed by atoms with van der Waals surface area (Å²) in [4.78, 5) is 0. The average Bonchev–Trinajstić information content (AvgIpc) is 2.47. The highest BCUT2D eigenvalue weighted by molar-refractivity contribution is 6.32. The van der Waals surface area contributed by atoms with Crippen LogP contribution in [0.2, 0.25) is 5.02 Å². The standard InChI is InChI=1S/C17H17ClO3/c1-11-3-2-4-12(7-11)8-15(19)13-9-14(18)17-16(10-13)20-5-6-21-17/h2-4,7,9-10,15,19H,5-6,8H2,1H3. The number of benzene rings is 2. The van der Waals surface area contributed by atoms with Gasteiger partial charge in [0.1, 0.15) is 13.2 Å². The van der Waals surface area contributed by atoms with Gasteiger partial charge in [0.25, 0.3) is 0 Å². The van der Waals surface area contributed by atoms with Gasteiger partial charge in [-0.1, -0.05) is 41.4 Å². The van der Waals surface area contributed by atoms with Gasteiger partial charge in [-0.25, -0.2) is 0 Å². The first kappa shape index (κ1) is 14.2. The lowest BCUT2D eigenvalue weighted by Gasteiger charge is -2.21. The van der Waals surface area contributed by atoms with Crippen LogP contribution in [0.4, 0.5) is 0 Å². The van der Waals surface area contributed by atoms with Gasteiger partial charge < -0.3 is 14.6 Å². The fourth-order valence-electron chi connectivity index (χ4n) is 2.50. The van der Waals surface area contributed by atoms with Crippen molar-refractivity contribution in [3.8, 4) is 11.5 Å². The van der Waals surface area contributed by atoms with Crippen molar-refractivity contribution in [1.82, 2.24) is 0 Å². The maximum Gasteiger partial charge on any atom is 0.179 e. The lowest BCUT2D eigenvalue weighted by atomic mass is 10.00. The number of aliphatic hydroxyl groups is 1. The predicted octanol–water partition coefficient (Wildman–Crippen LogP) is 3.70. The number of halogens is 1. The van der Waals surface area contributed by atoms with E-state index in [-0.39, 0.29) is 0 Å². The summed E-state index contributed by atoms with van der Waals surface area (Å²) >= 11 is 6.20. The Hall–Kier alpha value is -1.71. The molecule has 1 aliphatic heterocycles. The van der Waals surface area contributed by atoms with Crippen LogP contribution in [-0.2, 0) is 6.42 Å². The van der Waals surface area contributed by atoms with Crippen LogP contribution in [0.25, 0.3) is 0 Å². The van der Waals surface area contributed by atoms with E-state index in [1.165, 1.54) is 5.56 Å². The summed E-state index contributed by atoms with van der Waals surface area (Å²) in [7, 11) is 0. The van der Waals surface area contributed by atoms with Gasteiger partial charge in [-0.3, -0.25) is 0 Å². The third kappa shape index (κ3) is 3.14. The van der Waals surface area contributed by atoms with E-state index < -0.39 is 6.10 Å². The number of fused-ring (bicyclic) bond motifs is 1. The molecule has 1 unspecified atom stereocenters. The zero-order valence-corrected chi connectivity index (χ0v) is 12.6. The topological polar surface area (TPSA) is 38.7 Å². The van der Waals surface area contributed by atoms with E-state index in [0.29, 0.717) is 36.2 Å². The number of aryl methyl sites for hydroxylation is 1. The van der Waals surface area contributed by atoms with E-state index >= 15 is 0 Å². The molecule has 0 fully saturated rings. The lowest BCUT2D eigenvalue weighted by molar-refractivity contribution is 0.164. The van der Waals surface area contributed by atoms with Crippen LogP contribution >= 0.6 is 11.6 Å². The van der Waals surface area contributed by atoms with Crippen molar-refractivity contribution in [2.45, 2.75) is 19.4 Å². The van der Waals surface area contributed by atoms with Crippen LogP contribution in [0.15, 0.2) is 36.4 Å². The van der Waals surface area contributed by atoms with Crippen molar-refractivity contribution in [2.24, 2.45) is 0 Å². The molecule has 21 heavy (non-hydrogen) atoms. The molecule has 1 N–H and O–H groups in total. The lowest BCUT2D eigenvalue weighted by Crippen LogP contribution is -2.16. The molecule has 0 spiro atoms. The normalized spacial score (nSPS) is 14.8. The van der Waals surface area contributed by atoms with E-state index in [0.717, 1.165) is 11.1 Å². The molecular formula is C17H17ClO3.